The van der Waals surface area contributed by atoms with Crippen LogP contribution in [0.15, 0.2) is 18.2 Å². The monoisotopic (exact) mass is 247 g/mol. The van der Waals surface area contributed by atoms with Crippen LogP contribution in [0.2, 0.25) is 0 Å². The Morgan fingerprint density at radius 1 is 1.38 bits per heavy atom. The lowest BCUT2D eigenvalue weighted by Gasteiger charge is -2.07. The van der Waals surface area contributed by atoms with Crippen LogP contribution in [0.3, 0.4) is 0 Å². The third-order valence-corrected chi connectivity index (χ3v) is 2.80. The van der Waals surface area contributed by atoms with Gasteiger partial charge in [0.25, 0.3) is 0 Å². The summed E-state index contributed by atoms with van der Waals surface area (Å²) < 4.78 is 39.8. The molecule has 0 atom stereocenters. The molecule has 6 heteroatoms. The number of nitrogens with two attached hydrogens (primary N) is 1. The Kier molecular flexibility index (Phi) is 4.26. The standard InChI is InChI=1S/C10H14FNO3S/c1-16(13,14)3-2-15-10-5-8(7-12)4-9(11)6-10/h4-6H,2-3,7,12H2,1H3. The second kappa shape index (κ2) is 5.27. The molecule has 0 amide bonds. The average Bonchev–Trinajstić information content (AvgIpc) is 2.14. The highest BCUT2D eigenvalue weighted by Gasteiger charge is 2.04. The fraction of sp³-hybridized carbons (Fsp3) is 0.400. The zero-order chi connectivity index (χ0) is 12.2. The van der Waals surface area contributed by atoms with Crippen molar-refractivity contribution in [3.63, 3.8) is 0 Å². The lowest BCUT2D eigenvalue weighted by Crippen LogP contribution is -2.12. The Labute approximate surface area is 94.1 Å². The fourth-order valence-corrected chi connectivity index (χ4v) is 1.52. The van der Waals surface area contributed by atoms with Crippen LogP contribution in [0.4, 0.5) is 4.39 Å². The quantitative estimate of drug-likeness (QED) is 0.832. The summed E-state index contributed by atoms with van der Waals surface area (Å²) in [5, 5.41) is 0. The lowest BCUT2D eigenvalue weighted by molar-refractivity contribution is 0.338. The van der Waals surface area contributed by atoms with Gasteiger partial charge in [0.15, 0.2) is 9.84 Å². The first-order chi connectivity index (χ1) is 7.40. The molecule has 0 aliphatic rings. The van der Waals surface area contributed by atoms with Gasteiger partial charge in [-0.25, -0.2) is 12.8 Å². The van der Waals surface area contributed by atoms with Gasteiger partial charge in [0, 0.05) is 18.9 Å². The van der Waals surface area contributed by atoms with E-state index in [2.05, 4.69) is 0 Å². The Balaban J connectivity index is 2.63. The van der Waals surface area contributed by atoms with E-state index in [-0.39, 0.29) is 18.9 Å². The molecule has 0 radical (unpaired) electrons. The first kappa shape index (κ1) is 12.9. The molecule has 0 bridgehead atoms. The maximum atomic E-state index is 13.0. The molecule has 0 aromatic heterocycles. The van der Waals surface area contributed by atoms with Gasteiger partial charge in [0.05, 0.1) is 5.75 Å². The number of sulfone groups is 1. The van der Waals surface area contributed by atoms with E-state index >= 15 is 0 Å². The number of benzene rings is 1. The second-order valence-electron chi connectivity index (χ2n) is 3.48. The average molecular weight is 247 g/mol. The summed E-state index contributed by atoms with van der Waals surface area (Å²) in [6.45, 7) is 0.215. The van der Waals surface area contributed by atoms with Crippen molar-refractivity contribution in [2.75, 3.05) is 18.6 Å². The van der Waals surface area contributed by atoms with Gasteiger partial charge in [-0.2, -0.15) is 0 Å². The molecule has 90 valence electrons. The molecule has 0 aliphatic carbocycles. The third-order valence-electron chi connectivity index (χ3n) is 1.89. The van der Waals surface area contributed by atoms with Crippen LogP contribution in [0.1, 0.15) is 5.56 Å². The Hall–Kier alpha value is -1.14. The molecule has 0 spiro atoms. The van der Waals surface area contributed by atoms with Crippen molar-refractivity contribution in [2.45, 2.75) is 6.54 Å². The van der Waals surface area contributed by atoms with E-state index in [1.54, 1.807) is 6.07 Å². The summed E-state index contributed by atoms with van der Waals surface area (Å²) in [4.78, 5) is 0. The topological polar surface area (TPSA) is 69.4 Å². The van der Waals surface area contributed by atoms with Gasteiger partial charge in [-0.15, -0.1) is 0 Å². The zero-order valence-corrected chi connectivity index (χ0v) is 9.76. The van der Waals surface area contributed by atoms with Crippen molar-refractivity contribution in [2.24, 2.45) is 5.73 Å². The summed E-state index contributed by atoms with van der Waals surface area (Å²) in [5.74, 6) is -0.247. The van der Waals surface area contributed by atoms with Crippen LogP contribution in [0, 0.1) is 5.82 Å². The van der Waals surface area contributed by atoms with E-state index < -0.39 is 15.7 Å². The molecular weight excluding hydrogens is 233 g/mol. The number of rotatable bonds is 5. The molecule has 0 saturated heterocycles. The van der Waals surface area contributed by atoms with Gasteiger partial charge >= 0.3 is 0 Å². The zero-order valence-electron chi connectivity index (χ0n) is 8.94. The molecule has 0 heterocycles. The Bertz CT molecular complexity index is 459. The van der Waals surface area contributed by atoms with E-state index in [1.165, 1.54) is 12.1 Å². The first-order valence-corrected chi connectivity index (χ1v) is 6.77. The summed E-state index contributed by atoms with van der Waals surface area (Å²) >= 11 is 0. The third kappa shape index (κ3) is 4.59. The van der Waals surface area contributed by atoms with Gasteiger partial charge in [-0.3, -0.25) is 0 Å². The molecule has 0 unspecified atom stereocenters. The predicted molar refractivity (Wildman–Crippen MR) is 59.5 cm³/mol. The highest BCUT2D eigenvalue weighted by Crippen LogP contribution is 2.16. The van der Waals surface area contributed by atoms with Crippen molar-refractivity contribution in [1.29, 1.82) is 0 Å². The minimum absolute atomic E-state index is 0.00625. The largest absolute Gasteiger partial charge is 0.492 e. The summed E-state index contributed by atoms with van der Waals surface area (Å²) in [7, 11) is -3.06. The molecule has 1 aromatic carbocycles. The lowest BCUT2D eigenvalue weighted by atomic mass is 10.2. The van der Waals surface area contributed by atoms with E-state index in [1.807, 2.05) is 0 Å². The highest BCUT2D eigenvalue weighted by atomic mass is 32.2. The molecule has 0 saturated carbocycles. The van der Waals surface area contributed by atoms with Crippen molar-refractivity contribution >= 4 is 9.84 Å². The highest BCUT2D eigenvalue weighted by molar-refractivity contribution is 7.90. The van der Waals surface area contributed by atoms with Crippen molar-refractivity contribution in [3.05, 3.63) is 29.6 Å². The predicted octanol–water partition coefficient (Wildman–Crippen LogP) is 0.708. The van der Waals surface area contributed by atoms with Crippen LogP contribution in [-0.4, -0.2) is 27.0 Å². The normalized spacial score (nSPS) is 11.4. The van der Waals surface area contributed by atoms with E-state index in [0.29, 0.717) is 11.3 Å². The fourth-order valence-electron chi connectivity index (χ4n) is 1.13. The van der Waals surface area contributed by atoms with Gasteiger partial charge in [-0.05, 0) is 17.7 Å². The molecule has 2 N–H and O–H groups in total. The minimum atomic E-state index is -3.06. The van der Waals surface area contributed by atoms with Gasteiger partial charge in [0.2, 0.25) is 0 Å². The number of ether oxygens (including phenoxy) is 1. The molecule has 4 nitrogen and oxygen atoms in total. The molecule has 16 heavy (non-hydrogen) atoms. The molecule has 1 rings (SSSR count). The first-order valence-electron chi connectivity index (χ1n) is 4.71. The minimum Gasteiger partial charge on any atom is -0.492 e. The van der Waals surface area contributed by atoms with Crippen molar-refractivity contribution < 1.29 is 17.5 Å². The van der Waals surface area contributed by atoms with E-state index in [0.717, 1.165) is 6.26 Å². The smallest absolute Gasteiger partial charge is 0.150 e. The number of hydrogen-bond donors (Lipinski definition) is 1. The Morgan fingerprint density at radius 2 is 2.06 bits per heavy atom. The summed E-state index contributed by atoms with van der Waals surface area (Å²) in [6, 6.07) is 4.09. The van der Waals surface area contributed by atoms with Crippen LogP contribution in [0.25, 0.3) is 0 Å². The number of halogens is 1. The molecule has 0 aliphatic heterocycles. The second-order valence-corrected chi connectivity index (χ2v) is 5.74. The van der Waals surface area contributed by atoms with E-state index in [9.17, 15) is 12.8 Å². The summed E-state index contributed by atoms with van der Waals surface area (Å²) in [6.07, 6.45) is 1.12. The van der Waals surface area contributed by atoms with Crippen molar-refractivity contribution in [1.82, 2.24) is 0 Å². The van der Waals surface area contributed by atoms with Crippen molar-refractivity contribution in [3.8, 4) is 5.75 Å². The van der Waals surface area contributed by atoms with Gasteiger partial charge < -0.3 is 10.5 Å². The molecular formula is C10H14FNO3S. The van der Waals surface area contributed by atoms with Gasteiger partial charge in [-0.1, -0.05) is 0 Å². The van der Waals surface area contributed by atoms with Crippen LogP contribution in [-0.2, 0) is 16.4 Å². The van der Waals surface area contributed by atoms with Crippen LogP contribution < -0.4 is 10.5 Å². The maximum Gasteiger partial charge on any atom is 0.150 e. The van der Waals surface area contributed by atoms with E-state index in [4.69, 9.17) is 10.5 Å². The SMILES string of the molecule is CS(=O)(=O)CCOc1cc(F)cc(CN)c1. The molecule has 1 aromatic rings. The molecule has 0 fully saturated rings. The Morgan fingerprint density at radius 3 is 2.62 bits per heavy atom. The maximum absolute atomic E-state index is 13.0. The number of hydrogen-bond acceptors (Lipinski definition) is 4. The van der Waals surface area contributed by atoms with Gasteiger partial charge in [0.1, 0.15) is 18.2 Å². The van der Waals surface area contributed by atoms with Crippen LogP contribution in [0.5, 0.6) is 5.75 Å². The van der Waals surface area contributed by atoms with Crippen LogP contribution >= 0.6 is 0 Å². The summed E-state index contributed by atoms with van der Waals surface area (Å²) in [5.41, 5.74) is 5.97.